The average Bonchev–Trinajstić information content (AvgIpc) is 2.81. The van der Waals surface area contributed by atoms with Crippen molar-refractivity contribution in [3.05, 3.63) is 53.7 Å². The van der Waals surface area contributed by atoms with E-state index < -0.39 is 40.5 Å². The van der Waals surface area contributed by atoms with Crippen LogP contribution in [0.5, 0.6) is 0 Å². The standard InChI is InChI=1S/C27H49NSi5/c1-29(2,3)26(30(4,5)6)20-21-27(31(7,8)9,32(10,11)12)33(26)23-19-25(18-22-28-33)24-16-14-13-15-17-24/h13-19,22-23H,20-21H2,1-12H3. The fourth-order valence-corrected chi connectivity index (χ4v) is 58.2. The predicted octanol–water partition coefficient (Wildman–Crippen LogP) is 8.98. The number of hydrogen-bond donors (Lipinski definition) is 0. The minimum Gasteiger partial charge on any atom is -0.324 e. The molecule has 0 saturated carbocycles. The third-order valence-electron chi connectivity index (χ3n) is 9.44. The van der Waals surface area contributed by atoms with Gasteiger partial charge >= 0.3 is 0 Å². The fraction of sp³-hybridized carbons (Fsp3) is 0.593. The lowest BCUT2D eigenvalue weighted by atomic mass is 10.1. The van der Waals surface area contributed by atoms with E-state index in [4.69, 9.17) is 4.66 Å². The van der Waals surface area contributed by atoms with Gasteiger partial charge in [0.15, 0.2) is 0 Å². The Bertz CT molecular complexity index is 895. The summed E-state index contributed by atoms with van der Waals surface area (Å²) in [6, 6.07) is 11.0. The largest absolute Gasteiger partial charge is 0.324 e. The molecule has 0 atom stereocenters. The van der Waals surface area contributed by atoms with Gasteiger partial charge in [-0.2, -0.15) is 0 Å². The molecule has 6 heteroatoms. The van der Waals surface area contributed by atoms with Crippen molar-refractivity contribution in [2.45, 2.75) is 100.0 Å². The Morgan fingerprint density at radius 2 is 1.09 bits per heavy atom. The molecule has 1 spiro atoms. The van der Waals surface area contributed by atoms with Crippen molar-refractivity contribution in [1.29, 1.82) is 0 Å². The zero-order valence-corrected chi connectivity index (χ0v) is 28.6. The van der Waals surface area contributed by atoms with Gasteiger partial charge in [-0.05, 0) is 25.8 Å². The van der Waals surface area contributed by atoms with Gasteiger partial charge in [-0.3, -0.25) is 0 Å². The van der Waals surface area contributed by atoms with Crippen LogP contribution in [0.4, 0.5) is 0 Å². The van der Waals surface area contributed by atoms with Gasteiger partial charge < -0.3 is 4.66 Å². The highest BCUT2D eigenvalue weighted by Gasteiger charge is 2.80. The van der Waals surface area contributed by atoms with Gasteiger partial charge in [0.2, 0.25) is 8.24 Å². The molecule has 1 nitrogen and oxygen atoms in total. The summed E-state index contributed by atoms with van der Waals surface area (Å²) in [6.07, 6.45) is 10.0. The van der Waals surface area contributed by atoms with E-state index >= 15 is 0 Å². The highest BCUT2D eigenvalue weighted by atomic mass is 28.5. The van der Waals surface area contributed by atoms with Crippen LogP contribution in [0.2, 0.25) is 87.1 Å². The topological polar surface area (TPSA) is 12.4 Å². The summed E-state index contributed by atoms with van der Waals surface area (Å²) >= 11 is 0. The molecule has 33 heavy (non-hydrogen) atoms. The number of rotatable bonds is 5. The third kappa shape index (κ3) is 3.74. The molecule has 2 aliphatic rings. The lowest BCUT2D eigenvalue weighted by molar-refractivity contribution is 0.763. The lowest BCUT2D eigenvalue weighted by Crippen LogP contribution is -2.75. The number of hydrogen-bond acceptors (Lipinski definition) is 1. The first kappa shape index (κ1) is 27.0. The third-order valence-corrected chi connectivity index (χ3v) is 47.6. The van der Waals surface area contributed by atoms with E-state index in [1.54, 1.807) is 0 Å². The van der Waals surface area contributed by atoms with Crippen LogP contribution in [0, 0.1) is 0 Å². The second-order valence-electron chi connectivity index (χ2n) is 14.7. The molecular formula is C27H49NSi5. The maximum atomic E-state index is 5.99. The molecule has 0 radical (unpaired) electrons. The summed E-state index contributed by atoms with van der Waals surface area (Å²) in [5, 5.41) is 0. The molecule has 0 bridgehead atoms. The number of nitrogens with zero attached hydrogens (tertiary/aromatic N) is 1. The van der Waals surface area contributed by atoms with Crippen molar-refractivity contribution in [2.24, 2.45) is 4.66 Å². The van der Waals surface area contributed by atoms with Gasteiger partial charge in [-0.1, -0.05) is 134 Å². The molecule has 0 amide bonds. The minimum atomic E-state index is -2.26. The van der Waals surface area contributed by atoms with Crippen LogP contribution in [-0.2, 0) is 0 Å². The van der Waals surface area contributed by atoms with Gasteiger partial charge in [-0.15, -0.1) is 0 Å². The second kappa shape index (κ2) is 8.25. The molecule has 2 aliphatic heterocycles. The molecule has 1 fully saturated rings. The minimum absolute atomic E-state index is 0.473. The van der Waals surface area contributed by atoms with Crippen molar-refractivity contribution in [3.8, 4) is 0 Å². The Hall–Kier alpha value is -0.546. The summed E-state index contributed by atoms with van der Waals surface area (Å²) < 4.78 is 6.94. The van der Waals surface area contributed by atoms with Gasteiger partial charge in [0.05, 0.1) is 0 Å². The summed E-state index contributed by atoms with van der Waals surface area (Å²) in [5.74, 6) is 0. The van der Waals surface area contributed by atoms with Crippen LogP contribution >= 0.6 is 0 Å². The van der Waals surface area contributed by atoms with Crippen molar-refractivity contribution in [1.82, 2.24) is 0 Å². The number of allylic oxidation sites excluding steroid dienone is 3. The molecule has 1 aromatic carbocycles. The Labute approximate surface area is 210 Å². The Balaban J connectivity index is 2.45. The van der Waals surface area contributed by atoms with E-state index in [0.29, 0.717) is 8.57 Å². The summed E-state index contributed by atoms with van der Waals surface area (Å²) in [4.78, 5) is 0. The first-order valence-corrected chi connectivity index (χ1v) is 28.9. The van der Waals surface area contributed by atoms with Crippen LogP contribution in [0.25, 0.3) is 5.57 Å². The molecule has 0 unspecified atom stereocenters. The quantitative estimate of drug-likeness (QED) is 0.339. The molecule has 3 rings (SSSR count). The van der Waals surface area contributed by atoms with Gasteiger partial charge in [-0.25, -0.2) is 0 Å². The highest BCUT2D eigenvalue weighted by molar-refractivity contribution is 7.28. The molecule has 1 aromatic rings. The number of benzene rings is 1. The maximum Gasteiger partial charge on any atom is 0.206 e. The van der Waals surface area contributed by atoms with Crippen molar-refractivity contribution < 1.29 is 0 Å². The van der Waals surface area contributed by atoms with Crippen LogP contribution in [-0.4, -0.2) is 46.7 Å². The molecule has 0 N–H and O–H groups in total. The van der Waals surface area contributed by atoms with Crippen LogP contribution < -0.4 is 0 Å². The molecule has 2 heterocycles. The highest BCUT2D eigenvalue weighted by Crippen LogP contribution is 2.76. The van der Waals surface area contributed by atoms with E-state index in [1.165, 1.54) is 24.0 Å². The normalized spacial score (nSPS) is 22.4. The zero-order valence-electron chi connectivity index (χ0n) is 23.6. The molecule has 0 aliphatic carbocycles. The predicted molar refractivity (Wildman–Crippen MR) is 166 cm³/mol. The molecule has 182 valence electrons. The van der Waals surface area contributed by atoms with Gasteiger partial charge in [0, 0.05) is 38.5 Å². The summed E-state index contributed by atoms with van der Waals surface area (Å²) in [5.41, 5.74) is 5.49. The lowest BCUT2D eigenvalue weighted by Gasteiger charge is -2.64. The zero-order chi connectivity index (χ0) is 25.1. The average molecular weight is 528 g/mol. The summed E-state index contributed by atoms with van der Waals surface area (Å²) in [7, 11) is -8.50. The second-order valence-corrected chi connectivity index (χ2v) is 42.9. The first-order chi connectivity index (χ1) is 14.9. The van der Waals surface area contributed by atoms with E-state index in [2.05, 4.69) is 133 Å². The summed E-state index contributed by atoms with van der Waals surface area (Å²) in [6.45, 7) is 32.4. The maximum absolute atomic E-state index is 5.99. The van der Waals surface area contributed by atoms with Gasteiger partial charge in [0.25, 0.3) is 0 Å². The molecule has 0 aromatic heterocycles. The van der Waals surface area contributed by atoms with E-state index in [9.17, 15) is 0 Å². The Morgan fingerprint density at radius 1 is 0.667 bits per heavy atom. The van der Waals surface area contributed by atoms with Crippen LogP contribution in [0.3, 0.4) is 0 Å². The van der Waals surface area contributed by atoms with Crippen LogP contribution in [0.1, 0.15) is 18.4 Å². The van der Waals surface area contributed by atoms with Crippen molar-refractivity contribution >= 4 is 52.3 Å². The van der Waals surface area contributed by atoms with E-state index in [-0.39, 0.29) is 0 Å². The molecular weight excluding hydrogens is 479 g/mol. The van der Waals surface area contributed by atoms with E-state index in [0.717, 1.165) is 0 Å². The smallest absolute Gasteiger partial charge is 0.206 e. The van der Waals surface area contributed by atoms with Gasteiger partial charge in [0.1, 0.15) is 0 Å². The first-order valence-electron chi connectivity index (χ1n) is 12.9. The molecule has 1 saturated heterocycles. The Kier molecular flexibility index (Phi) is 6.76. The van der Waals surface area contributed by atoms with Crippen LogP contribution in [0.15, 0.2) is 52.8 Å². The monoisotopic (exact) mass is 527 g/mol. The van der Waals surface area contributed by atoms with E-state index in [1.807, 2.05) is 0 Å². The SMILES string of the molecule is C[Si](C)(C)C1([Si](C)(C)C)CCC([Si](C)(C)C)([Si](C)(C)C)[Si]12C=CC(c1ccccc1)=CC=N2. The van der Waals surface area contributed by atoms with Crippen molar-refractivity contribution in [3.63, 3.8) is 0 Å². The fourth-order valence-electron chi connectivity index (χ4n) is 9.03. The Morgan fingerprint density at radius 3 is 1.48 bits per heavy atom. The van der Waals surface area contributed by atoms with Crippen molar-refractivity contribution in [2.75, 3.05) is 0 Å².